The molecule has 2 N–H and O–H groups in total. The molecule has 2 aromatic rings. The first-order valence-electron chi connectivity index (χ1n) is 3.82. The number of hydrogen-bond acceptors (Lipinski definition) is 4. The molecular formula is C9H5ClN4. The van der Waals surface area contributed by atoms with Crippen LogP contribution in [0.5, 0.6) is 0 Å². The number of pyridine rings is 2. The molecule has 0 aromatic carbocycles. The minimum atomic E-state index is 0.277. The maximum absolute atomic E-state index is 8.66. The zero-order valence-corrected chi connectivity index (χ0v) is 7.78. The molecule has 68 valence electrons. The molecule has 4 nitrogen and oxygen atoms in total. The molecule has 2 heterocycles. The summed E-state index contributed by atoms with van der Waals surface area (Å²) in [6.45, 7) is 0. The van der Waals surface area contributed by atoms with E-state index < -0.39 is 0 Å². The van der Waals surface area contributed by atoms with E-state index in [-0.39, 0.29) is 5.69 Å². The molecule has 0 saturated heterocycles. The molecule has 2 rings (SSSR count). The van der Waals surface area contributed by atoms with Crippen LogP contribution in [-0.4, -0.2) is 9.97 Å². The van der Waals surface area contributed by atoms with Crippen molar-refractivity contribution < 1.29 is 0 Å². The van der Waals surface area contributed by atoms with E-state index in [0.29, 0.717) is 16.4 Å². The monoisotopic (exact) mass is 204 g/mol. The number of aromatic nitrogens is 2. The Morgan fingerprint density at radius 3 is 2.93 bits per heavy atom. The lowest BCUT2D eigenvalue weighted by Gasteiger charge is -2.01. The third-order valence-corrected chi connectivity index (χ3v) is 2.03. The van der Waals surface area contributed by atoms with Crippen LogP contribution in [0.1, 0.15) is 5.69 Å². The Morgan fingerprint density at radius 2 is 2.21 bits per heavy atom. The standard InChI is InChI=1S/C9H5ClN4/c10-8-2-7-5(4-13-8)1-6(3-11)14-9(7)12/h1-2,4H,(H2,12,14). The Morgan fingerprint density at radius 1 is 1.43 bits per heavy atom. The second-order valence-corrected chi connectivity index (χ2v) is 3.12. The first kappa shape index (κ1) is 8.73. The number of hydrogen-bond donors (Lipinski definition) is 1. The Bertz CT molecular complexity index is 544. The zero-order chi connectivity index (χ0) is 10.1. The predicted molar refractivity (Wildman–Crippen MR) is 53.7 cm³/mol. The molecule has 0 bridgehead atoms. The number of nitrogen functional groups attached to an aromatic ring is 1. The molecule has 5 heteroatoms. The van der Waals surface area contributed by atoms with Gasteiger partial charge in [-0.05, 0) is 12.1 Å². The lowest BCUT2D eigenvalue weighted by atomic mass is 10.2. The molecule has 2 aromatic heterocycles. The van der Waals surface area contributed by atoms with E-state index in [1.54, 1.807) is 18.3 Å². The fourth-order valence-corrected chi connectivity index (χ4v) is 1.36. The van der Waals surface area contributed by atoms with Gasteiger partial charge in [0.2, 0.25) is 0 Å². The van der Waals surface area contributed by atoms with Gasteiger partial charge in [0, 0.05) is 17.0 Å². The number of fused-ring (bicyclic) bond motifs is 1. The fraction of sp³-hybridized carbons (Fsp3) is 0. The fourth-order valence-electron chi connectivity index (χ4n) is 1.20. The molecule has 0 atom stereocenters. The SMILES string of the molecule is N#Cc1cc2cnc(Cl)cc2c(N)n1. The second kappa shape index (κ2) is 3.13. The molecule has 0 saturated carbocycles. The van der Waals surface area contributed by atoms with E-state index in [1.807, 2.05) is 6.07 Å². The smallest absolute Gasteiger partial charge is 0.143 e. The molecule has 0 spiro atoms. The van der Waals surface area contributed by atoms with Crippen molar-refractivity contribution in [1.29, 1.82) is 5.26 Å². The maximum atomic E-state index is 8.66. The van der Waals surface area contributed by atoms with Gasteiger partial charge < -0.3 is 5.73 Å². The third kappa shape index (κ3) is 1.34. The molecule has 0 amide bonds. The Balaban J connectivity index is 2.84. The average Bonchev–Trinajstić information content (AvgIpc) is 2.19. The Hall–Kier alpha value is -1.86. The number of nitriles is 1. The van der Waals surface area contributed by atoms with Gasteiger partial charge in [0.25, 0.3) is 0 Å². The van der Waals surface area contributed by atoms with Crippen LogP contribution in [0.3, 0.4) is 0 Å². The van der Waals surface area contributed by atoms with Crippen LogP contribution in [0, 0.1) is 11.3 Å². The van der Waals surface area contributed by atoms with Crippen molar-refractivity contribution in [3.63, 3.8) is 0 Å². The number of nitrogens with two attached hydrogens (primary N) is 1. The Labute approximate surface area is 85.0 Å². The molecule has 0 radical (unpaired) electrons. The summed E-state index contributed by atoms with van der Waals surface area (Å²) in [5.41, 5.74) is 5.93. The van der Waals surface area contributed by atoms with Crippen molar-refractivity contribution in [1.82, 2.24) is 9.97 Å². The van der Waals surface area contributed by atoms with Gasteiger partial charge in [0.1, 0.15) is 22.7 Å². The highest BCUT2D eigenvalue weighted by atomic mass is 35.5. The molecule has 0 fully saturated rings. The van der Waals surface area contributed by atoms with E-state index in [1.165, 1.54) is 0 Å². The maximum Gasteiger partial charge on any atom is 0.143 e. The topological polar surface area (TPSA) is 75.6 Å². The quantitative estimate of drug-likeness (QED) is 0.664. The van der Waals surface area contributed by atoms with Gasteiger partial charge in [0.05, 0.1) is 0 Å². The summed E-state index contributed by atoms with van der Waals surface area (Å²) in [4.78, 5) is 7.79. The van der Waals surface area contributed by atoms with Crippen molar-refractivity contribution in [2.24, 2.45) is 0 Å². The highest BCUT2D eigenvalue weighted by molar-refractivity contribution is 6.30. The zero-order valence-electron chi connectivity index (χ0n) is 7.03. The molecule has 0 aliphatic rings. The molecule has 0 aliphatic carbocycles. The van der Waals surface area contributed by atoms with Crippen molar-refractivity contribution in [2.45, 2.75) is 0 Å². The third-order valence-electron chi connectivity index (χ3n) is 1.83. The highest BCUT2D eigenvalue weighted by Crippen LogP contribution is 2.21. The number of anilines is 1. The molecule has 0 unspecified atom stereocenters. The predicted octanol–water partition coefficient (Wildman–Crippen LogP) is 1.74. The largest absolute Gasteiger partial charge is 0.383 e. The van der Waals surface area contributed by atoms with Crippen molar-refractivity contribution in [3.05, 3.63) is 29.2 Å². The lowest BCUT2D eigenvalue weighted by molar-refractivity contribution is 1.28. The minimum absolute atomic E-state index is 0.277. The summed E-state index contributed by atoms with van der Waals surface area (Å²) in [5.74, 6) is 0.295. The van der Waals surface area contributed by atoms with E-state index in [4.69, 9.17) is 22.6 Å². The second-order valence-electron chi connectivity index (χ2n) is 2.73. The minimum Gasteiger partial charge on any atom is -0.383 e. The summed E-state index contributed by atoms with van der Waals surface area (Å²) < 4.78 is 0. The molecule has 0 aliphatic heterocycles. The first-order valence-corrected chi connectivity index (χ1v) is 4.20. The first-order chi connectivity index (χ1) is 6.70. The van der Waals surface area contributed by atoms with Crippen LogP contribution in [-0.2, 0) is 0 Å². The van der Waals surface area contributed by atoms with Gasteiger partial charge in [0.15, 0.2) is 0 Å². The van der Waals surface area contributed by atoms with E-state index in [2.05, 4.69) is 9.97 Å². The summed E-state index contributed by atoms with van der Waals surface area (Å²) in [5, 5.41) is 10.5. The van der Waals surface area contributed by atoms with Gasteiger partial charge in [-0.2, -0.15) is 5.26 Å². The number of halogens is 1. The van der Waals surface area contributed by atoms with Gasteiger partial charge in [-0.15, -0.1) is 0 Å². The van der Waals surface area contributed by atoms with Crippen LogP contribution in [0.2, 0.25) is 5.15 Å². The van der Waals surface area contributed by atoms with Crippen molar-refractivity contribution in [3.8, 4) is 6.07 Å². The summed E-state index contributed by atoms with van der Waals surface area (Å²) in [6, 6.07) is 5.17. The van der Waals surface area contributed by atoms with Crippen LogP contribution in [0.25, 0.3) is 10.8 Å². The van der Waals surface area contributed by atoms with Crippen LogP contribution >= 0.6 is 11.6 Å². The lowest BCUT2D eigenvalue weighted by Crippen LogP contribution is -1.95. The average molecular weight is 205 g/mol. The van der Waals surface area contributed by atoms with Crippen molar-refractivity contribution >= 4 is 28.2 Å². The van der Waals surface area contributed by atoms with Crippen LogP contribution in [0.15, 0.2) is 18.3 Å². The molecule has 14 heavy (non-hydrogen) atoms. The van der Waals surface area contributed by atoms with E-state index in [9.17, 15) is 0 Å². The van der Waals surface area contributed by atoms with E-state index >= 15 is 0 Å². The summed E-state index contributed by atoms with van der Waals surface area (Å²) in [7, 11) is 0. The number of rotatable bonds is 0. The molecular weight excluding hydrogens is 200 g/mol. The number of nitrogens with zero attached hydrogens (tertiary/aromatic N) is 3. The summed E-state index contributed by atoms with van der Waals surface area (Å²) >= 11 is 5.70. The van der Waals surface area contributed by atoms with Crippen molar-refractivity contribution in [2.75, 3.05) is 5.73 Å². The summed E-state index contributed by atoms with van der Waals surface area (Å²) in [6.07, 6.45) is 1.57. The van der Waals surface area contributed by atoms with E-state index in [0.717, 1.165) is 5.39 Å². The Kier molecular flexibility index (Phi) is 1.95. The normalized spacial score (nSPS) is 10.0. The van der Waals surface area contributed by atoms with Gasteiger partial charge in [-0.3, -0.25) is 0 Å². The highest BCUT2D eigenvalue weighted by Gasteiger charge is 2.03. The van der Waals surface area contributed by atoms with Crippen LogP contribution < -0.4 is 5.73 Å². The van der Waals surface area contributed by atoms with Gasteiger partial charge in [-0.25, -0.2) is 9.97 Å². The van der Waals surface area contributed by atoms with Gasteiger partial charge in [-0.1, -0.05) is 11.6 Å². The van der Waals surface area contributed by atoms with Crippen LogP contribution in [0.4, 0.5) is 5.82 Å². The van der Waals surface area contributed by atoms with Gasteiger partial charge >= 0.3 is 0 Å².